The Morgan fingerprint density at radius 3 is 2.76 bits per heavy atom. The lowest BCUT2D eigenvalue weighted by atomic mass is 9.92. The monoisotopic (exact) mass is 282 g/mol. The summed E-state index contributed by atoms with van der Waals surface area (Å²) in [5.74, 6) is -0.827. The van der Waals surface area contributed by atoms with E-state index in [0.717, 1.165) is 11.1 Å². The van der Waals surface area contributed by atoms with Crippen molar-refractivity contribution in [2.24, 2.45) is 0 Å². The van der Waals surface area contributed by atoms with E-state index < -0.39 is 5.97 Å². The van der Waals surface area contributed by atoms with E-state index >= 15 is 0 Å². The number of anilines is 1. The molecule has 0 bridgehead atoms. The third kappa shape index (κ3) is 4.45. The van der Waals surface area contributed by atoms with Gasteiger partial charge in [0.05, 0.1) is 0 Å². The van der Waals surface area contributed by atoms with Gasteiger partial charge in [-0.2, -0.15) is 0 Å². The molecule has 1 unspecified atom stereocenters. The van der Waals surface area contributed by atoms with Gasteiger partial charge in [-0.25, -0.2) is 0 Å². The molecule has 4 nitrogen and oxygen atoms in total. The number of nitrogen functional groups attached to an aromatic ring is 1. The van der Waals surface area contributed by atoms with Crippen molar-refractivity contribution < 1.29 is 9.90 Å². The zero-order valence-corrected chi connectivity index (χ0v) is 11.6. The molecule has 1 atom stereocenters. The summed E-state index contributed by atoms with van der Waals surface area (Å²) < 4.78 is 0. The zero-order valence-electron chi connectivity index (χ0n) is 11.6. The van der Waals surface area contributed by atoms with Gasteiger partial charge in [-0.3, -0.25) is 9.78 Å². The van der Waals surface area contributed by atoms with Gasteiger partial charge in [0.25, 0.3) is 0 Å². The molecule has 0 spiro atoms. The topological polar surface area (TPSA) is 76.2 Å². The van der Waals surface area contributed by atoms with Gasteiger partial charge in [0.2, 0.25) is 0 Å². The highest BCUT2D eigenvalue weighted by atomic mass is 16.4. The van der Waals surface area contributed by atoms with Crippen molar-refractivity contribution in [1.82, 2.24) is 4.98 Å². The van der Waals surface area contributed by atoms with Crippen LogP contribution in [0, 0.1) is 0 Å². The van der Waals surface area contributed by atoms with Crippen molar-refractivity contribution in [3.05, 3.63) is 66.0 Å². The minimum atomic E-state index is -0.802. The van der Waals surface area contributed by atoms with Crippen LogP contribution in [0.15, 0.2) is 54.9 Å². The predicted octanol–water partition coefficient (Wildman–Crippen LogP) is 3.33. The summed E-state index contributed by atoms with van der Waals surface area (Å²) in [5.41, 5.74) is 8.62. The van der Waals surface area contributed by atoms with Gasteiger partial charge in [0, 0.05) is 30.4 Å². The number of aliphatic carboxylic acids is 1. The van der Waals surface area contributed by atoms with Gasteiger partial charge >= 0.3 is 5.97 Å². The Labute approximate surface area is 124 Å². The summed E-state index contributed by atoms with van der Waals surface area (Å²) in [6, 6.07) is 11.4. The Hall–Kier alpha value is -2.62. The highest BCUT2D eigenvalue weighted by Gasteiger charge is 2.12. The van der Waals surface area contributed by atoms with Crippen molar-refractivity contribution in [3.63, 3.8) is 0 Å². The number of carbonyl (C=O) groups is 1. The molecule has 21 heavy (non-hydrogen) atoms. The maximum Gasteiger partial charge on any atom is 0.303 e. The molecule has 108 valence electrons. The van der Waals surface area contributed by atoms with E-state index in [4.69, 9.17) is 10.8 Å². The summed E-state index contributed by atoms with van der Waals surface area (Å²) in [4.78, 5) is 14.9. The average Bonchev–Trinajstić information content (AvgIpc) is 2.49. The first-order valence-corrected chi connectivity index (χ1v) is 6.81. The quantitative estimate of drug-likeness (QED) is 0.797. The number of allylic oxidation sites excluding steroid dienone is 1. The number of nitrogens with zero attached hydrogens (tertiary/aromatic N) is 1. The van der Waals surface area contributed by atoms with Crippen LogP contribution in [0.25, 0.3) is 6.08 Å². The number of aromatic nitrogens is 1. The van der Waals surface area contributed by atoms with E-state index in [1.165, 1.54) is 0 Å². The van der Waals surface area contributed by atoms with E-state index in [2.05, 4.69) is 4.98 Å². The van der Waals surface area contributed by atoms with Crippen LogP contribution in [-0.2, 0) is 4.79 Å². The number of para-hydroxylation sites is 1. The summed E-state index contributed by atoms with van der Waals surface area (Å²) in [6.07, 6.45) is 8.04. The van der Waals surface area contributed by atoms with Gasteiger partial charge in [-0.05, 0) is 29.7 Å². The van der Waals surface area contributed by atoms with Crippen LogP contribution in [0.5, 0.6) is 0 Å². The standard InChI is InChI=1S/C17H18N2O2/c18-16-6-2-1-5-15(16)14(9-10-17(20)21)8-7-13-4-3-11-19-12-13/h1-8,11-12,14H,9-10,18H2,(H,20,21). The normalized spacial score (nSPS) is 12.4. The Balaban J connectivity index is 2.22. The van der Waals surface area contributed by atoms with E-state index in [0.29, 0.717) is 12.1 Å². The third-order valence-corrected chi connectivity index (χ3v) is 3.27. The number of hydrogen-bond acceptors (Lipinski definition) is 3. The number of hydrogen-bond donors (Lipinski definition) is 2. The maximum atomic E-state index is 10.8. The molecule has 0 radical (unpaired) electrons. The molecule has 0 aliphatic carbocycles. The maximum absolute atomic E-state index is 10.8. The molecule has 3 N–H and O–H groups in total. The number of nitrogens with two attached hydrogens (primary N) is 1. The van der Waals surface area contributed by atoms with Crippen LogP contribution in [0.4, 0.5) is 5.69 Å². The van der Waals surface area contributed by atoms with Gasteiger partial charge in [-0.15, -0.1) is 0 Å². The molecular weight excluding hydrogens is 264 g/mol. The first kappa shape index (κ1) is 14.8. The Morgan fingerprint density at radius 2 is 2.10 bits per heavy atom. The van der Waals surface area contributed by atoms with Crippen LogP contribution in [-0.4, -0.2) is 16.1 Å². The molecular formula is C17H18N2O2. The summed E-state index contributed by atoms with van der Waals surface area (Å²) >= 11 is 0. The van der Waals surface area contributed by atoms with Gasteiger partial charge in [0.15, 0.2) is 0 Å². The molecule has 2 aromatic rings. The Bertz CT molecular complexity index is 624. The molecule has 1 aromatic carbocycles. The third-order valence-electron chi connectivity index (χ3n) is 3.27. The van der Waals surface area contributed by atoms with E-state index in [1.54, 1.807) is 12.4 Å². The van der Waals surface area contributed by atoms with E-state index in [-0.39, 0.29) is 12.3 Å². The Kier molecular flexibility index (Phi) is 5.10. The van der Waals surface area contributed by atoms with Crippen molar-refractivity contribution in [3.8, 4) is 0 Å². The first-order valence-electron chi connectivity index (χ1n) is 6.81. The van der Waals surface area contributed by atoms with Crippen LogP contribution < -0.4 is 5.73 Å². The van der Waals surface area contributed by atoms with Gasteiger partial charge < -0.3 is 10.8 Å². The second-order valence-corrected chi connectivity index (χ2v) is 4.81. The molecule has 0 saturated heterocycles. The second kappa shape index (κ2) is 7.24. The van der Waals surface area contributed by atoms with Crippen molar-refractivity contribution in [1.29, 1.82) is 0 Å². The smallest absolute Gasteiger partial charge is 0.303 e. The fourth-order valence-corrected chi connectivity index (χ4v) is 2.18. The van der Waals surface area contributed by atoms with Crippen LogP contribution in [0.1, 0.15) is 29.9 Å². The first-order chi connectivity index (χ1) is 10.2. The molecule has 0 fully saturated rings. The molecule has 0 aliphatic rings. The highest BCUT2D eigenvalue weighted by Crippen LogP contribution is 2.28. The molecule has 0 aliphatic heterocycles. The van der Waals surface area contributed by atoms with E-state index in [9.17, 15) is 4.79 Å². The lowest BCUT2D eigenvalue weighted by molar-refractivity contribution is -0.137. The van der Waals surface area contributed by atoms with Crippen LogP contribution >= 0.6 is 0 Å². The van der Waals surface area contributed by atoms with Crippen molar-refractivity contribution >= 4 is 17.7 Å². The fraction of sp³-hybridized carbons (Fsp3) is 0.176. The molecule has 4 heteroatoms. The lowest BCUT2D eigenvalue weighted by Gasteiger charge is -2.14. The van der Waals surface area contributed by atoms with Crippen molar-refractivity contribution in [2.75, 3.05) is 5.73 Å². The largest absolute Gasteiger partial charge is 0.481 e. The van der Waals surface area contributed by atoms with Gasteiger partial charge in [0.1, 0.15) is 0 Å². The Morgan fingerprint density at radius 1 is 1.29 bits per heavy atom. The molecule has 2 rings (SSSR count). The summed E-state index contributed by atoms with van der Waals surface area (Å²) in [5, 5.41) is 8.90. The average molecular weight is 282 g/mol. The molecule has 0 saturated carbocycles. The van der Waals surface area contributed by atoms with Gasteiger partial charge in [-0.1, -0.05) is 36.4 Å². The molecule has 0 amide bonds. The minimum absolute atomic E-state index is 0.0255. The lowest BCUT2D eigenvalue weighted by Crippen LogP contribution is -2.04. The number of benzene rings is 1. The predicted molar refractivity (Wildman–Crippen MR) is 83.7 cm³/mol. The summed E-state index contributed by atoms with van der Waals surface area (Å²) in [7, 11) is 0. The fourth-order valence-electron chi connectivity index (χ4n) is 2.18. The number of carboxylic acid groups (broad SMARTS) is 1. The van der Waals surface area contributed by atoms with Crippen LogP contribution in [0.2, 0.25) is 0 Å². The SMILES string of the molecule is Nc1ccccc1C(C=Cc1cccnc1)CCC(=O)O. The molecule has 1 aromatic heterocycles. The minimum Gasteiger partial charge on any atom is -0.481 e. The number of rotatable bonds is 6. The number of pyridine rings is 1. The van der Waals surface area contributed by atoms with Crippen LogP contribution in [0.3, 0.4) is 0 Å². The summed E-state index contributed by atoms with van der Waals surface area (Å²) in [6.45, 7) is 0. The van der Waals surface area contributed by atoms with Crippen molar-refractivity contribution in [2.45, 2.75) is 18.8 Å². The highest BCUT2D eigenvalue weighted by molar-refractivity contribution is 5.67. The second-order valence-electron chi connectivity index (χ2n) is 4.81. The number of carboxylic acids is 1. The van der Waals surface area contributed by atoms with E-state index in [1.807, 2.05) is 48.6 Å². The molecule has 1 heterocycles. The zero-order chi connectivity index (χ0) is 15.1.